The highest BCUT2D eigenvalue weighted by Gasteiger charge is 2.11. The van der Waals surface area contributed by atoms with Gasteiger partial charge in [0, 0.05) is 17.8 Å². The molecule has 0 saturated carbocycles. The number of amides is 1. The Balaban J connectivity index is 1.68. The van der Waals surface area contributed by atoms with Crippen molar-refractivity contribution in [3.63, 3.8) is 0 Å². The van der Waals surface area contributed by atoms with Crippen molar-refractivity contribution >= 4 is 11.6 Å². The second-order valence-corrected chi connectivity index (χ2v) is 5.55. The highest BCUT2D eigenvalue weighted by atomic mass is 19.1. The number of nitrogens with one attached hydrogen (secondary N) is 1. The minimum Gasteiger partial charge on any atom is -0.492 e. The number of carbonyl (C=O) groups excluding carboxylic acids is 1. The molecule has 2 aromatic carbocycles. The van der Waals surface area contributed by atoms with E-state index in [2.05, 4.69) is 10.4 Å². The van der Waals surface area contributed by atoms with Crippen LogP contribution in [-0.2, 0) is 6.54 Å². The summed E-state index contributed by atoms with van der Waals surface area (Å²) >= 11 is 0. The first kappa shape index (κ1) is 18.2. The average Bonchev–Trinajstić information content (AvgIpc) is 2.63. The van der Waals surface area contributed by atoms with Crippen LogP contribution in [0.4, 0.5) is 14.5 Å². The molecule has 1 aromatic heterocycles. The predicted molar refractivity (Wildman–Crippen MR) is 94.7 cm³/mol. The van der Waals surface area contributed by atoms with Gasteiger partial charge in [-0.25, -0.2) is 13.5 Å². The fourth-order valence-corrected chi connectivity index (χ4v) is 2.32. The zero-order valence-electron chi connectivity index (χ0n) is 14.1. The smallest absolute Gasteiger partial charge is 0.276 e. The highest BCUT2D eigenvalue weighted by Crippen LogP contribution is 2.13. The van der Waals surface area contributed by atoms with Gasteiger partial charge in [0.1, 0.15) is 29.7 Å². The van der Waals surface area contributed by atoms with Gasteiger partial charge in [-0.2, -0.15) is 5.10 Å². The van der Waals surface area contributed by atoms with Gasteiger partial charge in [-0.15, -0.1) is 0 Å². The Kier molecular flexibility index (Phi) is 5.55. The summed E-state index contributed by atoms with van der Waals surface area (Å²) in [6.45, 7) is 0.306. The molecular weight excluding hydrogens is 356 g/mol. The molecule has 0 bridgehead atoms. The number of hydrogen-bond acceptors (Lipinski definition) is 4. The third-order valence-corrected chi connectivity index (χ3v) is 3.53. The number of benzene rings is 2. The lowest BCUT2D eigenvalue weighted by Crippen LogP contribution is -2.28. The summed E-state index contributed by atoms with van der Waals surface area (Å²) in [4.78, 5) is 24.1. The van der Waals surface area contributed by atoms with Gasteiger partial charge < -0.3 is 10.1 Å². The van der Waals surface area contributed by atoms with Crippen molar-refractivity contribution in [2.75, 3.05) is 11.9 Å². The monoisotopic (exact) mass is 371 g/mol. The van der Waals surface area contributed by atoms with Crippen LogP contribution in [0.5, 0.6) is 5.75 Å². The van der Waals surface area contributed by atoms with E-state index in [1.807, 2.05) is 18.2 Å². The maximum absolute atomic E-state index is 13.2. The first-order chi connectivity index (χ1) is 13.0. The van der Waals surface area contributed by atoms with E-state index in [1.165, 1.54) is 12.1 Å². The quantitative estimate of drug-likeness (QED) is 0.723. The van der Waals surface area contributed by atoms with E-state index in [9.17, 15) is 18.4 Å². The summed E-state index contributed by atoms with van der Waals surface area (Å²) in [7, 11) is 0. The molecule has 0 saturated heterocycles. The van der Waals surface area contributed by atoms with Crippen LogP contribution >= 0.6 is 0 Å². The summed E-state index contributed by atoms with van der Waals surface area (Å²) < 4.78 is 33.0. The average molecular weight is 371 g/mol. The van der Waals surface area contributed by atoms with Gasteiger partial charge in [-0.05, 0) is 30.3 Å². The molecule has 0 aliphatic rings. The van der Waals surface area contributed by atoms with Crippen molar-refractivity contribution < 1.29 is 18.3 Å². The number of halogens is 2. The van der Waals surface area contributed by atoms with Crippen molar-refractivity contribution in [3.8, 4) is 5.75 Å². The van der Waals surface area contributed by atoms with Crippen LogP contribution in [0.1, 0.15) is 10.5 Å². The molecule has 0 unspecified atom stereocenters. The Labute approximate surface area is 153 Å². The first-order valence-electron chi connectivity index (χ1n) is 8.05. The van der Waals surface area contributed by atoms with Gasteiger partial charge in [-0.1, -0.05) is 18.2 Å². The van der Waals surface area contributed by atoms with Crippen LogP contribution in [0.25, 0.3) is 0 Å². The van der Waals surface area contributed by atoms with Crippen molar-refractivity contribution in [1.29, 1.82) is 0 Å². The molecule has 8 heteroatoms. The number of hydrogen-bond donors (Lipinski definition) is 1. The van der Waals surface area contributed by atoms with Crippen molar-refractivity contribution in [2.45, 2.75) is 6.54 Å². The Morgan fingerprint density at radius 1 is 1.04 bits per heavy atom. The SMILES string of the molecule is O=C(Nc1cc(F)cc(F)c1)c1ccc(=O)n(CCOc2ccccc2)n1. The zero-order chi connectivity index (χ0) is 19.2. The van der Waals surface area contributed by atoms with E-state index in [0.717, 1.165) is 16.8 Å². The van der Waals surface area contributed by atoms with Crippen LogP contribution in [-0.4, -0.2) is 22.3 Å². The van der Waals surface area contributed by atoms with E-state index in [0.29, 0.717) is 11.8 Å². The molecule has 0 aliphatic carbocycles. The Hall–Kier alpha value is -3.55. The van der Waals surface area contributed by atoms with Crippen LogP contribution in [0.3, 0.4) is 0 Å². The molecule has 0 fully saturated rings. The molecule has 0 radical (unpaired) electrons. The number of para-hydroxylation sites is 1. The van der Waals surface area contributed by atoms with Gasteiger partial charge in [-0.3, -0.25) is 9.59 Å². The number of anilines is 1. The number of nitrogens with zero attached hydrogens (tertiary/aromatic N) is 2. The second-order valence-electron chi connectivity index (χ2n) is 5.55. The third-order valence-electron chi connectivity index (χ3n) is 3.53. The van der Waals surface area contributed by atoms with Gasteiger partial charge in [0.15, 0.2) is 0 Å². The van der Waals surface area contributed by atoms with Gasteiger partial charge in [0.05, 0.1) is 6.54 Å². The summed E-state index contributed by atoms with van der Waals surface area (Å²) in [5.41, 5.74) is -0.525. The Morgan fingerprint density at radius 3 is 2.44 bits per heavy atom. The van der Waals surface area contributed by atoms with Crippen LogP contribution < -0.4 is 15.6 Å². The van der Waals surface area contributed by atoms with Gasteiger partial charge in [0.25, 0.3) is 11.5 Å². The fraction of sp³-hybridized carbons (Fsp3) is 0.105. The molecule has 0 spiro atoms. The lowest BCUT2D eigenvalue weighted by atomic mass is 10.3. The summed E-state index contributed by atoms with van der Waals surface area (Å²) in [6, 6.07) is 14.1. The van der Waals surface area contributed by atoms with Crippen molar-refractivity contribution in [3.05, 3.63) is 88.3 Å². The zero-order valence-corrected chi connectivity index (χ0v) is 14.1. The lowest BCUT2D eigenvalue weighted by molar-refractivity contribution is 0.101. The predicted octanol–water partition coefficient (Wildman–Crippen LogP) is 2.85. The second kappa shape index (κ2) is 8.22. The molecule has 27 heavy (non-hydrogen) atoms. The third kappa shape index (κ3) is 4.97. The number of carbonyl (C=O) groups is 1. The molecule has 0 aliphatic heterocycles. The largest absolute Gasteiger partial charge is 0.492 e. The maximum atomic E-state index is 13.2. The topological polar surface area (TPSA) is 73.2 Å². The van der Waals surface area contributed by atoms with E-state index in [1.54, 1.807) is 12.1 Å². The molecule has 1 heterocycles. The lowest BCUT2D eigenvalue weighted by Gasteiger charge is -2.09. The maximum Gasteiger partial charge on any atom is 0.276 e. The van der Waals surface area contributed by atoms with E-state index >= 15 is 0 Å². The van der Waals surface area contributed by atoms with E-state index in [4.69, 9.17) is 4.74 Å². The van der Waals surface area contributed by atoms with Crippen LogP contribution in [0.2, 0.25) is 0 Å². The number of rotatable bonds is 6. The molecule has 1 amide bonds. The standard InChI is InChI=1S/C19H15F2N3O3/c20-13-10-14(21)12-15(11-13)22-19(26)17-6-7-18(25)24(23-17)8-9-27-16-4-2-1-3-5-16/h1-7,10-12H,8-9H2,(H,22,26). The normalized spacial score (nSPS) is 10.4. The summed E-state index contributed by atoms with van der Waals surface area (Å²) in [6.07, 6.45) is 0. The summed E-state index contributed by atoms with van der Waals surface area (Å²) in [5.74, 6) is -1.69. The number of ether oxygens (including phenoxy) is 1. The van der Waals surface area contributed by atoms with Gasteiger partial charge >= 0.3 is 0 Å². The van der Waals surface area contributed by atoms with E-state index in [-0.39, 0.29) is 24.5 Å². The van der Waals surface area contributed by atoms with Gasteiger partial charge in [0.2, 0.25) is 0 Å². The molecular formula is C19H15F2N3O3. The van der Waals surface area contributed by atoms with E-state index < -0.39 is 23.1 Å². The highest BCUT2D eigenvalue weighted by molar-refractivity contribution is 6.02. The van der Waals surface area contributed by atoms with Crippen LogP contribution in [0.15, 0.2) is 65.5 Å². The first-order valence-corrected chi connectivity index (χ1v) is 8.05. The summed E-state index contributed by atoms with van der Waals surface area (Å²) in [5, 5.41) is 6.31. The molecule has 1 N–H and O–H groups in total. The Bertz CT molecular complexity index is 986. The molecule has 3 rings (SSSR count). The molecule has 138 valence electrons. The molecule has 6 nitrogen and oxygen atoms in total. The minimum atomic E-state index is -0.818. The molecule has 3 aromatic rings. The minimum absolute atomic E-state index is 0.0514. The van der Waals surface area contributed by atoms with Crippen molar-refractivity contribution in [1.82, 2.24) is 9.78 Å². The van der Waals surface area contributed by atoms with Crippen LogP contribution in [0, 0.1) is 11.6 Å². The van der Waals surface area contributed by atoms with Crippen molar-refractivity contribution in [2.24, 2.45) is 0 Å². The fourth-order valence-electron chi connectivity index (χ4n) is 2.32. The number of aromatic nitrogens is 2. The Morgan fingerprint density at radius 2 is 1.74 bits per heavy atom. The molecule has 0 atom stereocenters.